The number of rotatable bonds is 7. The van der Waals surface area contributed by atoms with Crippen molar-refractivity contribution in [1.82, 2.24) is 10.6 Å². The normalized spacial score (nSPS) is 13.2. The number of benzene rings is 1. The van der Waals surface area contributed by atoms with E-state index < -0.39 is 12.8 Å². The molecule has 1 rings (SSSR count). The second-order valence-electron chi connectivity index (χ2n) is 4.80. The van der Waals surface area contributed by atoms with E-state index in [-0.39, 0.29) is 36.6 Å². The first-order valence-electron chi connectivity index (χ1n) is 7.09. The van der Waals surface area contributed by atoms with Crippen molar-refractivity contribution in [2.24, 2.45) is 4.99 Å². The van der Waals surface area contributed by atoms with Gasteiger partial charge in [0.15, 0.2) is 5.96 Å². The van der Waals surface area contributed by atoms with Gasteiger partial charge in [-0.1, -0.05) is 30.3 Å². The smallest absolute Gasteiger partial charge is 0.372 e. The highest BCUT2D eigenvalue weighted by molar-refractivity contribution is 14.0. The fraction of sp³-hybridized carbons (Fsp3) is 0.533. The number of alkyl halides is 3. The van der Waals surface area contributed by atoms with Gasteiger partial charge >= 0.3 is 6.18 Å². The van der Waals surface area contributed by atoms with Gasteiger partial charge in [0.1, 0.15) is 6.61 Å². The van der Waals surface area contributed by atoms with Gasteiger partial charge in [0.05, 0.1) is 6.04 Å². The molecule has 2 N–H and O–H groups in total. The van der Waals surface area contributed by atoms with E-state index >= 15 is 0 Å². The molecule has 4 nitrogen and oxygen atoms in total. The molecule has 1 aromatic rings. The van der Waals surface area contributed by atoms with Crippen LogP contribution >= 0.6 is 24.0 Å². The molecule has 0 aromatic heterocycles. The number of aliphatic imine (C=N–C) groups is 1. The molecule has 0 fully saturated rings. The van der Waals surface area contributed by atoms with Gasteiger partial charge in [-0.3, -0.25) is 4.99 Å². The predicted octanol–water partition coefficient (Wildman–Crippen LogP) is 3.50. The average Bonchev–Trinajstić information content (AvgIpc) is 2.49. The van der Waals surface area contributed by atoms with Crippen LogP contribution in [0.2, 0.25) is 0 Å². The molecule has 1 atom stereocenters. The van der Waals surface area contributed by atoms with Gasteiger partial charge in [0.25, 0.3) is 0 Å². The van der Waals surface area contributed by atoms with Crippen LogP contribution in [0.15, 0.2) is 35.3 Å². The monoisotopic (exact) mass is 445 g/mol. The van der Waals surface area contributed by atoms with E-state index in [2.05, 4.69) is 20.4 Å². The zero-order valence-electron chi connectivity index (χ0n) is 13.2. The lowest BCUT2D eigenvalue weighted by Gasteiger charge is -2.18. The summed E-state index contributed by atoms with van der Waals surface area (Å²) in [7, 11) is 1.65. The van der Waals surface area contributed by atoms with Crippen LogP contribution in [0.1, 0.15) is 24.9 Å². The van der Waals surface area contributed by atoms with Crippen LogP contribution in [-0.4, -0.2) is 38.9 Å². The third-order valence-corrected chi connectivity index (χ3v) is 2.90. The third kappa shape index (κ3) is 10.4. The number of guanidine groups is 1. The zero-order chi connectivity index (χ0) is 16.4. The highest BCUT2D eigenvalue weighted by atomic mass is 127. The van der Waals surface area contributed by atoms with E-state index in [1.54, 1.807) is 7.05 Å². The number of halogens is 4. The average molecular weight is 445 g/mol. The summed E-state index contributed by atoms with van der Waals surface area (Å²) in [5.74, 6) is 0.604. The highest BCUT2D eigenvalue weighted by Gasteiger charge is 2.27. The van der Waals surface area contributed by atoms with Gasteiger partial charge in [-0.2, -0.15) is 13.2 Å². The minimum Gasteiger partial charge on any atom is -0.372 e. The molecule has 0 radical (unpaired) electrons. The lowest BCUT2D eigenvalue weighted by molar-refractivity contribution is -0.173. The van der Waals surface area contributed by atoms with Crippen LogP contribution < -0.4 is 10.6 Å². The van der Waals surface area contributed by atoms with E-state index in [4.69, 9.17) is 0 Å². The number of ether oxygens (including phenoxy) is 1. The topological polar surface area (TPSA) is 45.7 Å². The fourth-order valence-corrected chi connectivity index (χ4v) is 1.79. The summed E-state index contributed by atoms with van der Waals surface area (Å²) < 4.78 is 40.2. The van der Waals surface area contributed by atoms with Crippen LogP contribution in [0.3, 0.4) is 0 Å². The quantitative estimate of drug-likeness (QED) is 0.293. The van der Waals surface area contributed by atoms with Crippen molar-refractivity contribution >= 4 is 29.9 Å². The number of hydrogen-bond acceptors (Lipinski definition) is 2. The molecule has 8 heteroatoms. The predicted molar refractivity (Wildman–Crippen MR) is 96.3 cm³/mol. The van der Waals surface area contributed by atoms with Gasteiger partial charge < -0.3 is 15.4 Å². The maximum absolute atomic E-state index is 11.9. The van der Waals surface area contributed by atoms with Crippen LogP contribution in [0, 0.1) is 0 Å². The highest BCUT2D eigenvalue weighted by Crippen LogP contribution is 2.14. The summed E-state index contributed by atoms with van der Waals surface area (Å²) in [5, 5.41) is 6.26. The SMILES string of the molecule is CN=C(NCCCOCC(F)(F)F)NC(C)c1ccccc1.I. The van der Waals surface area contributed by atoms with E-state index in [1.165, 1.54) is 0 Å². The molecular weight excluding hydrogens is 422 g/mol. The first kappa shape index (κ1) is 22.0. The van der Waals surface area contributed by atoms with Gasteiger partial charge in [0, 0.05) is 20.2 Å². The van der Waals surface area contributed by atoms with E-state index in [0.717, 1.165) is 5.56 Å². The van der Waals surface area contributed by atoms with Crippen LogP contribution in [0.25, 0.3) is 0 Å². The summed E-state index contributed by atoms with van der Waals surface area (Å²) in [6.45, 7) is 1.34. The van der Waals surface area contributed by atoms with Crippen molar-refractivity contribution in [3.05, 3.63) is 35.9 Å². The Kier molecular flexibility index (Phi) is 11.0. The standard InChI is InChI=1S/C15H22F3N3O.HI/c1-12(13-7-4-3-5-8-13)21-14(19-2)20-9-6-10-22-11-15(16,17)18;/h3-5,7-8,12H,6,9-11H2,1-2H3,(H2,19,20,21);1H. The molecule has 1 aromatic carbocycles. The maximum atomic E-state index is 11.9. The zero-order valence-corrected chi connectivity index (χ0v) is 15.5. The first-order valence-corrected chi connectivity index (χ1v) is 7.09. The van der Waals surface area contributed by atoms with Crippen LogP contribution in [0.5, 0.6) is 0 Å². The Labute approximate surface area is 151 Å². The van der Waals surface area contributed by atoms with Crippen molar-refractivity contribution in [2.75, 3.05) is 26.8 Å². The van der Waals surface area contributed by atoms with Crippen molar-refractivity contribution in [3.8, 4) is 0 Å². The van der Waals surface area contributed by atoms with Gasteiger partial charge in [-0.05, 0) is 18.9 Å². The van der Waals surface area contributed by atoms with Crippen molar-refractivity contribution in [3.63, 3.8) is 0 Å². The number of nitrogens with zero attached hydrogens (tertiary/aromatic N) is 1. The molecule has 0 saturated carbocycles. The minimum atomic E-state index is -4.27. The lowest BCUT2D eigenvalue weighted by Crippen LogP contribution is -2.39. The molecule has 0 aliphatic carbocycles. The lowest BCUT2D eigenvalue weighted by atomic mass is 10.1. The molecule has 0 saturated heterocycles. The molecule has 0 spiro atoms. The Morgan fingerprint density at radius 2 is 1.91 bits per heavy atom. The van der Waals surface area contributed by atoms with Gasteiger partial charge in [-0.25, -0.2) is 0 Å². The molecule has 23 heavy (non-hydrogen) atoms. The first-order chi connectivity index (χ1) is 10.4. The Balaban J connectivity index is 0.00000484. The Bertz CT molecular complexity index is 455. The molecular formula is C15H23F3IN3O. The molecule has 0 heterocycles. The Morgan fingerprint density at radius 3 is 2.48 bits per heavy atom. The summed E-state index contributed by atoms with van der Waals surface area (Å²) in [5.41, 5.74) is 1.12. The van der Waals surface area contributed by atoms with Gasteiger partial charge in [0.2, 0.25) is 0 Å². The van der Waals surface area contributed by atoms with Crippen molar-refractivity contribution in [2.45, 2.75) is 25.6 Å². The van der Waals surface area contributed by atoms with Crippen LogP contribution in [-0.2, 0) is 4.74 Å². The van der Waals surface area contributed by atoms with E-state index in [0.29, 0.717) is 18.9 Å². The Morgan fingerprint density at radius 1 is 1.26 bits per heavy atom. The molecule has 0 aliphatic rings. The minimum absolute atomic E-state index is 0. The second-order valence-corrected chi connectivity index (χ2v) is 4.80. The Hall–Kier alpha value is -1.03. The largest absolute Gasteiger partial charge is 0.411 e. The molecule has 0 bridgehead atoms. The molecule has 132 valence electrons. The molecule has 1 unspecified atom stereocenters. The summed E-state index contributed by atoms with van der Waals surface area (Å²) in [4.78, 5) is 4.08. The molecule has 0 amide bonds. The fourth-order valence-electron chi connectivity index (χ4n) is 1.79. The number of nitrogens with one attached hydrogen (secondary N) is 2. The van der Waals surface area contributed by atoms with Gasteiger partial charge in [-0.15, -0.1) is 24.0 Å². The van der Waals surface area contributed by atoms with Crippen molar-refractivity contribution in [1.29, 1.82) is 0 Å². The summed E-state index contributed by atoms with van der Waals surface area (Å²) >= 11 is 0. The maximum Gasteiger partial charge on any atom is 0.411 e. The van der Waals surface area contributed by atoms with Crippen LogP contribution in [0.4, 0.5) is 13.2 Å². The van der Waals surface area contributed by atoms with E-state index in [1.807, 2.05) is 37.3 Å². The summed E-state index contributed by atoms with van der Waals surface area (Å²) in [6, 6.07) is 9.97. The second kappa shape index (κ2) is 11.5. The third-order valence-electron chi connectivity index (χ3n) is 2.90. The molecule has 0 aliphatic heterocycles. The summed E-state index contributed by atoms with van der Waals surface area (Å²) in [6.07, 6.45) is -3.80. The van der Waals surface area contributed by atoms with E-state index in [9.17, 15) is 13.2 Å². The number of hydrogen-bond donors (Lipinski definition) is 2. The van der Waals surface area contributed by atoms with Crippen molar-refractivity contribution < 1.29 is 17.9 Å².